The van der Waals surface area contributed by atoms with Gasteiger partial charge in [-0.05, 0) is 18.9 Å². The Kier molecular flexibility index (Phi) is 4.65. The van der Waals surface area contributed by atoms with Crippen molar-refractivity contribution in [3.63, 3.8) is 0 Å². The van der Waals surface area contributed by atoms with E-state index in [0.29, 0.717) is 17.8 Å². The van der Waals surface area contributed by atoms with Crippen LogP contribution < -0.4 is 10.9 Å². The maximum atomic E-state index is 12.5. The van der Waals surface area contributed by atoms with E-state index in [-0.39, 0.29) is 22.7 Å². The number of aromatic nitrogens is 2. The average Bonchev–Trinajstić information content (AvgIpc) is 2.83. The highest BCUT2D eigenvalue weighted by Crippen LogP contribution is 2.33. The molecule has 1 amide bonds. The Balaban J connectivity index is 1.96. The van der Waals surface area contributed by atoms with E-state index in [4.69, 9.17) is 0 Å². The van der Waals surface area contributed by atoms with Gasteiger partial charge < -0.3 is 10.3 Å². The summed E-state index contributed by atoms with van der Waals surface area (Å²) in [6.07, 6.45) is -2.58. The fraction of sp³-hybridized carbons (Fsp3) is 0.308. The summed E-state index contributed by atoms with van der Waals surface area (Å²) in [7, 11) is 0. The first kappa shape index (κ1) is 16.2. The van der Waals surface area contributed by atoms with Crippen LogP contribution in [0.5, 0.6) is 0 Å². The van der Waals surface area contributed by atoms with Crippen molar-refractivity contribution in [3.8, 4) is 0 Å². The number of carbonyl (C=O) groups is 1. The summed E-state index contributed by atoms with van der Waals surface area (Å²) in [4.78, 5) is 28.6. The summed E-state index contributed by atoms with van der Waals surface area (Å²) < 4.78 is 37.6. The number of carbonyl (C=O) groups excluding carboxylic acids is 1. The molecule has 2 aromatic heterocycles. The lowest BCUT2D eigenvalue weighted by Crippen LogP contribution is -2.25. The molecule has 5 nitrogen and oxygen atoms in total. The van der Waals surface area contributed by atoms with Crippen LogP contribution in [0.15, 0.2) is 23.1 Å². The zero-order chi connectivity index (χ0) is 16.3. The summed E-state index contributed by atoms with van der Waals surface area (Å²) in [5.41, 5.74) is 0.628. The first-order valence-corrected chi connectivity index (χ1v) is 7.09. The number of nitrogens with zero attached hydrogens (tertiary/aromatic N) is 1. The molecule has 0 unspecified atom stereocenters. The minimum absolute atomic E-state index is 0.0474. The zero-order valence-electron chi connectivity index (χ0n) is 11.5. The van der Waals surface area contributed by atoms with Crippen molar-refractivity contribution in [2.75, 3.05) is 6.54 Å². The number of halogens is 3. The Morgan fingerprint density at radius 3 is 2.68 bits per heavy atom. The third kappa shape index (κ3) is 3.94. The Bertz CT molecular complexity index is 716. The van der Waals surface area contributed by atoms with Gasteiger partial charge in [-0.25, -0.2) is 4.98 Å². The van der Waals surface area contributed by atoms with Crippen molar-refractivity contribution in [1.82, 2.24) is 15.3 Å². The molecule has 0 radical (unpaired) electrons. The van der Waals surface area contributed by atoms with Crippen molar-refractivity contribution in [2.24, 2.45) is 0 Å². The van der Waals surface area contributed by atoms with E-state index in [1.54, 1.807) is 6.07 Å². The fourth-order valence-electron chi connectivity index (χ4n) is 1.73. The molecule has 2 N–H and O–H groups in total. The molecule has 118 valence electrons. The van der Waals surface area contributed by atoms with Crippen LogP contribution in [-0.4, -0.2) is 22.4 Å². The van der Waals surface area contributed by atoms with Crippen LogP contribution in [0.2, 0.25) is 0 Å². The van der Waals surface area contributed by atoms with Gasteiger partial charge in [0.15, 0.2) is 5.01 Å². The minimum Gasteiger partial charge on any atom is -0.351 e. The van der Waals surface area contributed by atoms with Gasteiger partial charge in [-0.1, -0.05) is 6.07 Å². The Hall–Kier alpha value is -2.16. The van der Waals surface area contributed by atoms with Crippen LogP contribution in [0.4, 0.5) is 13.2 Å². The Labute approximate surface area is 127 Å². The molecule has 0 aromatic carbocycles. The normalized spacial score (nSPS) is 11.5. The number of aromatic amines is 1. The summed E-state index contributed by atoms with van der Waals surface area (Å²) >= 11 is 0.327. The third-order valence-corrected chi connectivity index (χ3v) is 3.99. The van der Waals surface area contributed by atoms with Gasteiger partial charge in [-0.15, -0.1) is 11.3 Å². The molecule has 2 heterocycles. The molecule has 0 saturated heterocycles. The molecule has 22 heavy (non-hydrogen) atoms. The topological polar surface area (TPSA) is 74.8 Å². The van der Waals surface area contributed by atoms with Crippen LogP contribution in [0.3, 0.4) is 0 Å². The van der Waals surface area contributed by atoms with E-state index in [9.17, 15) is 22.8 Å². The lowest BCUT2D eigenvalue weighted by atomic mass is 10.2. The number of hydrogen-bond donors (Lipinski definition) is 2. The van der Waals surface area contributed by atoms with Crippen LogP contribution in [0.1, 0.15) is 25.9 Å². The van der Waals surface area contributed by atoms with Crippen molar-refractivity contribution in [1.29, 1.82) is 0 Å². The van der Waals surface area contributed by atoms with Gasteiger partial charge in [0.25, 0.3) is 5.91 Å². The van der Waals surface area contributed by atoms with E-state index < -0.39 is 17.1 Å². The second kappa shape index (κ2) is 6.30. The maximum absolute atomic E-state index is 12.5. The maximum Gasteiger partial charge on any atom is 0.443 e. The third-order valence-electron chi connectivity index (χ3n) is 2.79. The average molecular weight is 331 g/mol. The van der Waals surface area contributed by atoms with Crippen molar-refractivity contribution in [2.45, 2.75) is 19.5 Å². The van der Waals surface area contributed by atoms with Gasteiger partial charge in [0.1, 0.15) is 4.88 Å². The molecule has 9 heteroatoms. The van der Waals surface area contributed by atoms with Gasteiger partial charge in [-0.3, -0.25) is 9.59 Å². The highest BCUT2D eigenvalue weighted by atomic mass is 32.1. The second-order valence-electron chi connectivity index (χ2n) is 4.50. The predicted octanol–water partition coefficient (Wildman–Crippen LogP) is 2.13. The lowest BCUT2D eigenvalue weighted by Gasteiger charge is -2.04. The number of amides is 1. The Morgan fingerprint density at radius 1 is 1.41 bits per heavy atom. The first-order valence-electron chi connectivity index (χ1n) is 6.28. The molecular formula is C13H12F3N3O2S. The van der Waals surface area contributed by atoms with E-state index in [1.807, 2.05) is 0 Å². The summed E-state index contributed by atoms with van der Waals surface area (Å²) in [6.45, 7) is 1.60. The van der Waals surface area contributed by atoms with Crippen LogP contribution in [-0.2, 0) is 12.6 Å². The molecule has 0 aliphatic carbocycles. The van der Waals surface area contributed by atoms with Gasteiger partial charge >= 0.3 is 6.18 Å². The number of H-pyrrole nitrogens is 1. The van der Waals surface area contributed by atoms with Gasteiger partial charge in [-0.2, -0.15) is 13.2 Å². The second-order valence-corrected chi connectivity index (χ2v) is 5.50. The number of hydrogen-bond acceptors (Lipinski definition) is 4. The largest absolute Gasteiger partial charge is 0.443 e. The highest BCUT2D eigenvalue weighted by molar-refractivity contribution is 7.13. The zero-order valence-corrected chi connectivity index (χ0v) is 12.3. The molecule has 0 spiro atoms. The van der Waals surface area contributed by atoms with Crippen molar-refractivity contribution >= 4 is 17.2 Å². The number of nitrogens with one attached hydrogen (secondary N) is 2. The molecular weight excluding hydrogens is 319 g/mol. The SMILES string of the molecule is Cc1nc(C(F)(F)F)sc1C(=O)NCCc1ccc(=O)[nH]c1. The molecule has 0 aliphatic rings. The molecule has 2 rings (SSSR count). The number of thiazole rings is 1. The molecule has 0 bridgehead atoms. The van der Waals surface area contributed by atoms with Crippen LogP contribution in [0, 0.1) is 6.92 Å². The molecule has 0 saturated carbocycles. The van der Waals surface area contributed by atoms with Crippen LogP contribution in [0.25, 0.3) is 0 Å². The Morgan fingerprint density at radius 2 is 2.14 bits per heavy atom. The fourth-order valence-corrected chi connectivity index (χ4v) is 2.58. The standard InChI is InChI=1S/C13H12F3N3O2S/c1-7-10(22-12(19-7)13(14,15)16)11(21)17-5-4-8-2-3-9(20)18-6-8/h2-3,6H,4-5H2,1H3,(H,17,21)(H,18,20). The summed E-state index contributed by atoms with van der Waals surface area (Å²) in [5, 5.41) is 1.51. The number of rotatable bonds is 4. The summed E-state index contributed by atoms with van der Waals surface area (Å²) in [6, 6.07) is 2.98. The first-order chi connectivity index (χ1) is 10.3. The van der Waals surface area contributed by atoms with Crippen molar-refractivity contribution < 1.29 is 18.0 Å². The monoisotopic (exact) mass is 331 g/mol. The molecule has 2 aromatic rings. The molecule has 0 atom stereocenters. The van der Waals surface area contributed by atoms with E-state index >= 15 is 0 Å². The lowest BCUT2D eigenvalue weighted by molar-refractivity contribution is -0.137. The highest BCUT2D eigenvalue weighted by Gasteiger charge is 2.36. The van der Waals surface area contributed by atoms with Gasteiger partial charge in [0.2, 0.25) is 5.56 Å². The number of pyridine rings is 1. The minimum atomic E-state index is -4.55. The van der Waals surface area contributed by atoms with Gasteiger partial charge in [0, 0.05) is 18.8 Å². The number of alkyl halides is 3. The quantitative estimate of drug-likeness (QED) is 0.901. The molecule has 0 aliphatic heterocycles. The number of aryl methyl sites for hydroxylation is 1. The predicted molar refractivity (Wildman–Crippen MR) is 75.0 cm³/mol. The van der Waals surface area contributed by atoms with E-state index in [1.165, 1.54) is 19.2 Å². The smallest absolute Gasteiger partial charge is 0.351 e. The van der Waals surface area contributed by atoms with Crippen molar-refractivity contribution in [3.05, 3.63) is 49.8 Å². The van der Waals surface area contributed by atoms with E-state index in [0.717, 1.165) is 5.56 Å². The van der Waals surface area contributed by atoms with Crippen LogP contribution >= 0.6 is 11.3 Å². The van der Waals surface area contributed by atoms with Gasteiger partial charge in [0.05, 0.1) is 5.69 Å². The van der Waals surface area contributed by atoms with E-state index in [2.05, 4.69) is 15.3 Å². The molecule has 0 fully saturated rings. The summed E-state index contributed by atoms with van der Waals surface area (Å²) in [5.74, 6) is -0.588.